The fourth-order valence-corrected chi connectivity index (χ4v) is 3.49. The number of esters is 1. The van der Waals surface area contributed by atoms with E-state index >= 15 is 0 Å². The molecule has 2 aromatic rings. The van der Waals surface area contributed by atoms with Crippen molar-refractivity contribution in [1.82, 2.24) is 0 Å². The highest BCUT2D eigenvalue weighted by Gasteiger charge is 2.40. The molecule has 30 heavy (non-hydrogen) atoms. The molecule has 2 aromatic carbocycles. The summed E-state index contributed by atoms with van der Waals surface area (Å²) in [7, 11) is 0. The van der Waals surface area contributed by atoms with Gasteiger partial charge in [-0.05, 0) is 43.9 Å². The van der Waals surface area contributed by atoms with E-state index in [1.165, 1.54) is 0 Å². The van der Waals surface area contributed by atoms with Gasteiger partial charge in [0.15, 0.2) is 11.4 Å². The largest absolute Gasteiger partial charge is 0.479 e. The molecule has 0 bridgehead atoms. The molecule has 0 amide bonds. The summed E-state index contributed by atoms with van der Waals surface area (Å²) in [6, 6.07) is 19.1. The third-order valence-electron chi connectivity index (χ3n) is 5.14. The molecule has 0 aliphatic heterocycles. The fraction of sp³-hybridized carbons (Fsp3) is 0.462. The molecule has 0 fully saturated rings. The van der Waals surface area contributed by atoms with Gasteiger partial charge in [-0.25, -0.2) is 0 Å². The third kappa shape index (κ3) is 7.66. The van der Waals surface area contributed by atoms with Gasteiger partial charge in [0.25, 0.3) is 0 Å². The van der Waals surface area contributed by atoms with E-state index in [0.29, 0.717) is 24.3 Å². The molecule has 0 N–H and O–H groups in total. The number of ketones is 1. The zero-order valence-corrected chi connectivity index (χ0v) is 18.2. The topological polar surface area (TPSA) is 52.6 Å². The van der Waals surface area contributed by atoms with Crippen molar-refractivity contribution in [2.45, 2.75) is 77.2 Å². The molecule has 0 unspecified atom stereocenters. The second-order valence-corrected chi connectivity index (χ2v) is 7.62. The molecule has 4 heteroatoms. The van der Waals surface area contributed by atoms with Crippen LogP contribution in [-0.2, 0) is 9.59 Å². The first-order valence-electron chi connectivity index (χ1n) is 11.0. The average Bonchev–Trinajstić information content (AvgIpc) is 2.75. The Morgan fingerprint density at radius 3 is 2.07 bits per heavy atom. The monoisotopic (exact) mass is 409 g/mol. The lowest BCUT2D eigenvalue weighted by atomic mass is 9.84. The van der Waals surface area contributed by atoms with E-state index in [2.05, 4.69) is 19.9 Å². The van der Waals surface area contributed by atoms with Gasteiger partial charge in [0, 0.05) is 6.07 Å². The van der Waals surface area contributed by atoms with Crippen molar-refractivity contribution >= 4 is 11.8 Å². The van der Waals surface area contributed by atoms with Gasteiger partial charge in [0.05, 0.1) is 0 Å². The van der Waals surface area contributed by atoms with Gasteiger partial charge in [-0.15, -0.1) is 0 Å². The summed E-state index contributed by atoms with van der Waals surface area (Å²) in [5.41, 5.74) is -1.01. The SMILES string of the molecule is CCCCCC(CCCCC)(Oc1ccccc1)C(=O)CC(=O)Oc1[c]cccc1. The Kier molecular flexibility index (Phi) is 10.1. The normalized spacial score (nSPS) is 11.1. The quantitative estimate of drug-likeness (QED) is 0.158. The molecule has 0 aromatic heterocycles. The second kappa shape index (κ2) is 12.8. The lowest BCUT2D eigenvalue weighted by Crippen LogP contribution is -2.46. The summed E-state index contributed by atoms with van der Waals surface area (Å²) in [5.74, 6) is 0.194. The van der Waals surface area contributed by atoms with Gasteiger partial charge >= 0.3 is 5.97 Å². The van der Waals surface area contributed by atoms with Crippen molar-refractivity contribution in [3.8, 4) is 11.5 Å². The number of rotatable bonds is 14. The summed E-state index contributed by atoms with van der Waals surface area (Å²) in [6.07, 6.45) is 6.78. The molecule has 2 rings (SSSR count). The van der Waals surface area contributed by atoms with Crippen LogP contribution in [0.15, 0.2) is 54.6 Å². The first-order valence-corrected chi connectivity index (χ1v) is 11.0. The Morgan fingerprint density at radius 2 is 1.50 bits per heavy atom. The Morgan fingerprint density at radius 1 is 0.867 bits per heavy atom. The van der Waals surface area contributed by atoms with Crippen LogP contribution < -0.4 is 9.47 Å². The Labute approximate surface area is 180 Å². The van der Waals surface area contributed by atoms with E-state index in [1.54, 1.807) is 24.3 Å². The molecule has 161 valence electrons. The van der Waals surface area contributed by atoms with Crippen LogP contribution in [0.4, 0.5) is 0 Å². The zero-order valence-electron chi connectivity index (χ0n) is 18.2. The summed E-state index contributed by atoms with van der Waals surface area (Å²) >= 11 is 0. The number of hydrogen-bond donors (Lipinski definition) is 0. The minimum atomic E-state index is -1.01. The molecular formula is C26H33O4. The number of ether oxygens (including phenoxy) is 2. The van der Waals surface area contributed by atoms with Gasteiger partial charge < -0.3 is 9.47 Å². The van der Waals surface area contributed by atoms with Gasteiger partial charge in [-0.3, -0.25) is 9.59 Å². The Balaban J connectivity index is 2.20. The molecule has 4 nitrogen and oxygen atoms in total. The minimum absolute atomic E-state index is 0.209. The summed E-state index contributed by atoms with van der Waals surface area (Å²) in [6.45, 7) is 4.26. The Hall–Kier alpha value is -2.62. The predicted molar refractivity (Wildman–Crippen MR) is 119 cm³/mol. The van der Waals surface area contributed by atoms with Crippen LogP contribution in [0.5, 0.6) is 11.5 Å². The molecule has 0 atom stereocenters. The number of carbonyl (C=O) groups excluding carboxylic acids is 2. The van der Waals surface area contributed by atoms with Crippen molar-refractivity contribution in [2.24, 2.45) is 0 Å². The molecule has 0 heterocycles. The highest BCUT2D eigenvalue weighted by Crippen LogP contribution is 2.31. The maximum Gasteiger partial charge on any atom is 0.318 e. The lowest BCUT2D eigenvalue weighted by Gasteiger charge is -2.33. The second-order valence-electron chi connectivity index (χ2n) is 7.62. The minimum Gasteiger partial charge on any atom is -0.479 e. The van der Waals surface area contributed by atoms with Crippen LogP contribution in [0.25, 0.3) is 0 Å². The van der Waals surface area contributed by atoms with Gasteiger partial charge in [-0.2, -0.15) is 0 Å². The summed E-state index contributed by atoms with van der Waals surface area (Å²) < 4.78 is 11.7. The number of unbranched alkanes of at least 4 members (excludes halogenated alkanes) is 4. The van der Waals surface area contributed by atoms with Crippen LogP contribution in [0.1, 0.15) is 71.6 Å². The van der Waals surface area contributed by atoms with Crippen molar-refractivity contribution in [3.63, 3.8) is 0 Å². The van der Waals surface area contributed by atoms with Crippen LogP contribution in [0.2, 0.25) is 0 Å². The highest BCUT2D eigenvalue weighted by molar-refractivity contribution is 6.01. The summed E-state index contributed by atoms with van der Waals surface area (Å²) in [5, 5.41) is 0. The van der Waals surface area contributed by atoms with E-state index in [-0.39, 0.29) is 12.2 Å². The lowest BCUT2D eigenvalue weighted by molar-refractivity contribution is -0.145. The first kappa shape index (κ1) is 23.7. The van der Waals surface area contributed by atoms with E-state index < -0.39 is 11.6 Å². The molecule has 1 radical (unpaired) electrons. The Bertz CT molecular complexity index is 745. The summed E-state index contributed by atoms with van der Waals surface area (Å²) in [4.78, 5) is 25.9. The number of Topliss-reactive ketones (excluding diaryl/α,β-unsaturated/α-hetero) is 1. The molecule has 0 aliphatic carbocycles. The van der Waals surface area contributed by atoms with E-state index in [4.69, 9.17) is 9.47 Å². The van der Waals surface area contributed by atoms with Crippen LogP contribution in [0.3, 0.4) is 0 Å². The number of para-hydroxylation sites is 2. The first-order chi connectivity index (χ1) is 14.6. The van der Waals surface area contributed by atoms with Crippen molar-refractivity contribution in [3.05, 3.63) is 60.7 Å². The standard InChI is InChI=1S/C26H33O4/c1-3-5-13-19-26(20-14-6-4-2,30-23-17-11-8-12-18-23)24(27)21-25(28)29-22-15-9-7-10-16-22/h7-12,15,17-18H,3-6,13-14,19-21H2,1-2H3. The van der Waals surface area contributed by atoms with Gasteiger partial charge in [-0.1, -0.05) is 75.9 Å². The zero-order chi connectivity index (χ0) is 21.7. The van der Waals surface area contributed by atoms with Crippen molar-refractivity contribution < 1.29 is 19.1 Å². The van der Waals surface area contributed by atoms with E-state index in [1.807, 2.05) is 30.3 Å². The van der Waals surface area contributed by atoms with Crippen LogP contribution in [-0.4, -0.2) is 17.4 Å². The van der Waals surface area contributed by atoms with Crippen molar-refractivity contribution in [2.75, 3.05) is 0 Å². The molecular weight excluding hydrogens is 376 g/mol. The average molecular weight is 410 g/mol. The van der Waals surface area contributed by atoms with E-state index in [0.717, 1.165) is 38.5 Å². The number of hydrogen-bond acceptors (Lipinski definition) is 4. The molecule has 0 saturated heterocycles. The maximum absolute atomic E-state index is 13.4. The van der Waals surface area contributed by atoms with Gasteiger partial charge in [0.1, 0.15) is 17.9 Å². The van der Waals surface area contributed by atoms with Crippen LogP contribution >= 0.6 is 0 Å². The number of carbonyl (C=O) groups is 2. The van der Waals surface area contributed by atoms with Gasteiger partial charge in [0.2, 0.25) is 0 Å². The smallest absolute Gasteiger partial charge is 0.318 e. The van der Waals surface area contributed by atoms with E-state index in [9.17, 15) is 9.59 Å². The number of benzene rings is 2. The highest BCUT2D eigenvalue weighted by atomic mass is 16.5. The fourth-order valence-electron chi connectivity index (χ4n) is 3.49. The van der Waals surface area contributed by atoms with Crippen LogP contribution in [0, 0.1) is 6.07 Å². The molecule has 0 spiro atoms. The maximum atomic E-state index is 13.4. The third-order valence-corrected chi connectivity index (χ3v) is 5.14. The molecule has 0 saturated carbocycles. The van der Waals surface area contributed by atoms with Crippen molar-refractivity contribution in [1.29, 1.82) is 0 Å². The predicted octanol–water partition coefficient (Wildman–Crippen LogP) is 6.33. The molecule has 0 aliphatic rings.